The van der Waals surface area contributed by atoms with Gasteiger partial charge in [0.15, 0.2) is 0 Å². The average Bonchev–Trinajstić information content (AvgIpc) is 2.12. The molecule has 1 atom stereocenters. The Labute approximate surface area is 87.7 Å². The van der Waals surface area contributed by atoms with Crippen LogP contribution in [0.5, 0.6) is 0 Å². The van der Waals surface area contributed by atoms with E-state index in [-0.39, 0.29) is 11.5 Å². The highest BCUT2D eigenvalue weighted by molar-refractivity contribution is 5.35. The zero-order valence-electron chi connectivity index (χ0n) is 8.59. The van der Waals surface area contributed by atoms with Crippen molar-refractivity contribution in [1.29, 1.82) is 0 Å². The maximum Gasteiger partial charge on any atom is 0.127 e. The number of aliphatic hydroxyl groups excluding tert-OH is 1. The topological polar surface area (TPSA) is 20.2 Å². The second kappa shape index (κ2) is 4.90. The first-order chi connectivity index (χ1) is 6.99. The van der Waals surface area contributed by atoms with Crippen LogP contribution in [-0.4, -0.2) is 11.2 Å². The Kier molecular flexibility index (Phi) is 3.81. The van der Waals surface area contributed by atoms with E-state index in [0.717, 1.165) is 18.2 Å². The van der Waals surface area contributed by atoms with E-state index in [9.17, 15) is 13.9 Å². The number of rotatable bonds is 1. The van der Waals surface area contributed by atoms with Gasteiger partial charge in [-0.3, -0.25) is 0 Å². The molecule has 1 aromatic carbocycles. The van der Waals surface area contributed by atoms with E-state index in [1.807, 2.05) is 13.8 Å². The quantitative estimate of drug-likeness (QED) is 0.705. The van der Waals surface area contributed by atoms with Gasteiger partial charge >= 0.3 is 0 Å². The first-order valence-electron chi connectivity index (χ1n) is 4.64. The van der Waals surface area contributed by atoms with Gasteiger partial charge in [-0.2, -0.15) is 0 Å². The van der Waals surface area contributed by atoms with Crippen LogP contribution < -0.4 is 0 Å². The highest BCUT2D eigenvalue weighted by Crippen LogP contribution is 2.07. The van der Waals surface area contributed by atoms with Crippen LogP contribution in [-0.2, 0) is 0 Å². The fourth-order valence-corrected chi connectivity index (χ4v) is 0.950. The van der Waals surface area contributed by atoms with Crippen LogP contribution in [0.25, 0.3) is 0 Å². The van der Waals surface area contributed by atoms with Crippen molar-refractivity contribution in [3.05, 3.63) is 35.4 Å². The highest BCUT2D eigenvalue weighted by atomic mass is 19.1. The lowest BCUT2D eigenvalue weighted by Crippen LogP contribution is -2.11. The van der Waals surface area contributed by atoms with Crippen LogP contribution in [0.3, 0.4) is 0 Å². The third-order valence-electron chi connectivity index (χ3n) is 1.86. The van der Waals surface area contributed by atoms with Crippen molar-refractivity contribution in [2.24, 2.45) is 5.92 Å². The molecular weight excluding hydrogens is 198 g/mol. The van der Waals surface area contributed by atoms with Crippen molar-refractivity contribution in [1.82, 2.24) is 0 Å². The maximum atomic E-state index is 12.7. The molecule has 1 rings (SSSR count). The van der Waals surface area contributed by atoms with Crippen molar-refractivity contribution < 1.29 is 13.9 Å². The predicted molar refractivity (Wildman–Crippen MR) is 54.1 cm³/mol. The molecule has 0 aliphatic rings. The molecule has 0 amide bonds. The fourth-order valence-electron chi connectivity index (χ4n) is 0.950. The molecule has 1 aromatic rings. The molecule has 0 radical (unpaired) electrons. The second-order valence-corrected chi connectivity index (χ2v) is 3.62. The summed E-state index contributed by atoms with van der Waals surface area (Å²) in [5.41, 5.74) is 0.229. The molecule has 1 nitrogen and oxygen atoms in total. The molecule has 0 saturated heterocycles. The lowest BCUT2D eigenvalue weighted by Gasteiger charge is -2.05. The Morgan fingerprint density at radius 3 is 2.13 bits per heavy atom. The summed E-state index contributed by atoms with van der Waals surface area (Å²) in [6.07, 6.45) is -0.781. The van der Waals surface area contributed by atoms with Crippen LogP contribution in [0, 0.1) is 29.4 Å². The Hall–Kier alpha value is -1.40. The zero-order valence-corrected chi connectivity index (χ0v) is 8.59. The molecule has 80 valence electrons. The van der Waals surface area contributed by atoms with E-state index in [2.05, 4.69) is 11.8 Å². The minimum absolute atomic E-state index is 0.00379. The first kappa shape index (κ1) is 11.7. The second-order valence-electron chi connectivity index (χ2n) is 3.62. The molecule has 1 N–H and O–H groups in total. The standard InChI is InChI=1S/C12H12F2O/c1-8(2)12(15)4-3-9-5-10(13)7-11(14)6-9/h5-8,12,15H,1-2H3. The van der Waals surface area contributed by atoms with Crippen LogP contribution in [0.4, 0.5) is 8.78 Å². The van der Waals surface area contributed by atoms with Gasteiger partial charge < -0.3 is 5.11 Å². The summed E-state index contributed by atoms with van der Waals surface area (Å²) in [4.78, 5) is 0. The highest BCUT2D eigenvalue weighted by Gasteiger charge is 2.04. The summed E-state index contributed by atoms with van der Waals surface area (Å²) in [7, 11) is 0. The van der Waals surface area contributed by atoms with E-state index in [1.54, 1.807) is 0 Å². The SMILES string of the molecule is CC(C)C(O)C#Cc1cc(F)cc(F)c1. The number of halogens is 2. The van der Waals surface area contributed by atoms with Crippen molar-refractivity contribution in [3.63, 3.8) is 0 Å². The molecule has 15 heavy (non-hydrogen) atoms. The minimum Gasteiger partial charge on any atom is -0.380 e. The third kappa shape index (κ3) is 3.69. The van der Waals surface area contributed by atoms with E-state index in [1.165, 1.54) is 0 Å². The molecule has 0 aromatic heterocycles. The minimum atomic E-state index is -0.781. The zero-order chi connectivity index (χ0) is 11.4. The summed E-state index contributed by atoms with van der Waals surface area (Å²) in [5.74, 6) is 3.71. The lowest BCUT2D eigenvalue weighted by atomic mass is 10.1. The lowest BCUT2D eigenvalue weighted by molar-refractivity contribution is 0.181. The van der Waals surface area contributed by atoms with Crippen molar-refractivity contribution in [2.45, 2.75) is 20.0 Å². The van der Waals surface area contributed by atoms with Gasteiger partial charge in [-0.25, -0.2) is 8.78 Å². The van der Waals surface area contributed by atoms with Gasteiger partial charge in [-0.05, 0) is 18.1 Å². The summed E-state index contributed by atoms with van der Waals surface area (Å²) in [5, 5.41) is 9.37. The Morgan fingerprint density at radius 2 is 1.67 bits per heavy atom. The Morgan fingerprint density at radius 1 is 1.13 bits per heavy atom. The molecule has 0 aliphatic heterocycles. The summed E-state index contributed by atoms with van der Waals surface area (Å²) < 4.78 is 25.5. The van der Waals surface area contributed by atoms with Gasteiger partial charge in [0.05, 0.1) is 0 Å². The van der Waals surface area contributed by atoms with Crippen LogP contribution >= 0.6 is 0 Å². The normalized spacial score (nSPS) is 12.1. The molecule has 0 saturated carbocycles. The Bertz CT molecular complexity index is 382. The van der Waals surface area contributed by atoms with Crippen LogP contribution in [0.2, 0.25) is 0 Å². The molecule has 0 bridgehead atoms. The molecule has 0 fully saturated rings. The molecular formula is C12H12F2O. The van der Waals surface area contributed by atoms with E-state index < -0.39 is 17.7 Å². The molecule has 0 aliphatic carbocycles. The molecule has 0 heterocycles. The van der Waals surface area contributed by atoms with E-state index in [4.69, 9.17) is 0 Å². The molecule has 1 unspecified atom stereocenters. The van der Waals surface area contributed by atoms with Gasteiger partial charge in [0.25, 0.3) is 0 Å². The van der Waals surface area contributed by atoms with Gasteiger partial charge in [-0.1, -0.05) is 25.7 Å². The number of aliphatic hydroxyl groups is 1. The van der Waals surface area contributed by atoms with E-state index >= 15 is 0 Å². The van der Waals surface area contributed by atoms with Gasteiger partial charge in [-0.15, -0.1) is 0 Å². The van der Waals surface area contributed by atoms with Gasteiger partial charge in [0.2, 0.25) is 0 Å². The van der Waals surface area contributed by atoms with Crippen molar-refractivity contribution in [3.8, 4) is 11.8 Å². The number of benzene rings is 1. The largest absolute Gasteiger partial charge is 0.380 e. The monoisotopic (exact) mass is 210 g/mol. The molecule has 0 spiro atoms. The predicted octanol–water partition coefficient (Wildman–Crippen LogP) is 2.33. The van der Waals surface area contributed by atoms with Gasteiger partial charge in [0.1, 0.15) is 17.7 Å². The number of hydrogen-bond donors (Lipinski definition) is 1. The van der Waals surface area contributed by atoms with Crippen molar-refractivity contribution >= 4 is 0 Å². The van der Waals surface area contributed by atoms with E-state index in [0.29, 0.717) is 0 Å². The average molecular weight is 210 g/mol. The third-order valence-corrected chi connectivity index (χ3v) is 1.86. The number of hydrogen-bond acceptors (Lipinski definition) is 1. The Balaban J connectivity index is 2.89. The van der Waals surface area contributed by atoms with Gasteiger partial charge in [0, 0.05) is 11.6 Å². The smallest absolute Gasteiger partial charge is 0.127 e. The fraction of sp³-hybridized carbons (Fsp3) is 0.333. The van der Waals surface area contributed by atoms with Crippen LogP contribution in [0.1, 0.15) is 19.4 Å². The summed E-state index contributed by atoms with van der Waals surface area (Å²) in [6, 6.07) is 3.04. The summed E-state index contributed by atoms with van der Waals surface area (Å²) in [6.45, 7) is 3.62. The molecule has 3 heteroatoms. The van der Waals surface area contributed by atoms with Crippen molar-refractivity contribution in [2.75, 3.05) is 0 Å². The maximum absolute atomic E-state index is 12.7. The first-order valence-corrected chi connectivity index (χ1v) is 4.64. The van der Waals surface area contributed by atoms with Crippen LogP contribution in [0.15, 0.2) is 18.2 Å². The summed E-state index contributed by atoms with van der Waals surface area (Å²) >= 11 is 0.